The van der Waals surface area contributed by atoms with Crippen LogP contribution < -0.4 is 10.1 Å². The Morgan fingerprint density at radius 3 is 2.64 bits per heavy atom. The van der Waals surface area contributed by atoms with E-state index in [0.717, 1.165) is 87.3 Å². The first-order valence-corrected chi connectivity index (χ1v) is 15.4. The highest BCUT2D eigenvalue weighted by Gasteiger charge is 2.21. The summed E-state index contributed by atoms with van der Waals surface area (Å²) < 4.78 is 10.9. The molecule has 2 aromatic heterocycles. The fourth-order valence-corrected chi connectivity index (χ4v) is 5.96. The quantitative estimate of drug-likeness (QED) is 0.178. The summed E-state index contributed by atoms with van der Waals surface area (Å²) in [5.74, 6) is 2.28. The lowest BCUT2D eigenvalue weighted by atomic mass is 9.92. The second-order valence-corrected chi connectivity index (χ2v) is 11.5. The zero-order valence-corrected chi connectivity index (χ0v) is 26.2. The van der Waals surface area contributed by atoms with E-state index >= 15 is 0 Å². The summed E-state index contributed by atoms with van der Waals surface area (Å²) in [4.78, 5) is 44.4. The molecule has 6 rings (SSSR count). The van der Waals surface area contributed by atoms with E-state index in [1.54, 1.807) is 11.1 Å². The standard InChI is InChI=1S/C34H39N7O4/c1-5-11-40(3)18-31-37-27-10-8-21-14-26-24-9-7-22(13-23(24)20-45-29(26)15-25(21)33(27)39-31)28-16-35-30(38-28)19-41(12-6-2)32(42)17-36-34(43)44-4/h7-10,13-16H,5-6,11-12,17-20H2,1-4H3,(H,35,38)(H,36,43)(H,37,39). The van der Waals surface area contributed by atoms with Crippen LogP contribution in [0.3, 0.4) is 0 Å². The predicted octanol–water partition coefficient (Wildman–Crippen LogP) is 5.60. The zero-order valence-electron chi connectivity index (χ0n) is 26.2. The van der Waals surface area contributed by atoms with Crippen molar-refractivity contribution in [3.63, 3.8) is 0 Å². The fraction of sp³-hybridized carbons (Fsp3) is 0.353. The molecule has 45 heavy (non-hydrogen) atoms. The maximum atomic E-state index is 12.7. The Labute approximate surface area is 261 Å². The largest absolute Gasteiger partial charge is 0.488 e. The number of H-pyrrole nitrogens is 2. The van der Waals surface area contributed by atoms with Gasteiger partial charge in [-0.05, 0) is 72.8 Å². The lowest BCUT2D eigenvalue weighted by Crippen LogP contribution is -2.40. The lowest BCUT2D eigenvalue weighted by molar-refractivity contribution is -0.130. The van der Waals surface area contributed by atoms with Gasteiger partial charge < -0.3 is 29.7 Å². The molecule has 0 radical (unpaired) electrons. The number of nitrogens with one attached hydrogen (secondary N) is 3. The molecule has 0 spiro atoms. The van der Waals surface area contributed by atoms with Crippen molar-refractivity contribution in [2.24, 2.45) is 0 Å². The molecule has 3 heterocycles. The third-order valence-electron chi connectivity index (χ3n) is 8.12. The van der Waals surface area contributed by atoms with Gasteiger partial charge in [0.1, 0.15) is 30.5 Å². The summed E-state index contributed by atoms with van der Waals surface area (Å²) in [6, 6.07) is 14.9. The monoisotopic (exact) mass is 609 g/mol. The number of benzene rings is 3. The zero-order chi connectivity index (χ0) is 31.5. The molecule has 0 bridgehead atoms. The summed E-state index contributed by atoms with van der Waals surface area (Å²) in [6.07, 6.45) is 3.03. The number of carbonyl (C=O) groups excluding carboxylic acids is 2. The minimum atomic E-state index is -0.637. The second kappa shape index (κ2) is 13.0. The first-order valence-electron chi connectivity index (χ1n) is 15.4. The molecular weight excluding hydrogens is 570 g/mol. The third kappa shape index (κ3) is 6.34. The molecule has 0 fully saturated rings. The molecule has 3 N–H and O–H groups in total. The van der Waals surface area contributed by atoms with Gasteiger partial charge in [-0.2, -0.15) is 0 Å². The van der Waals surface area contributed by atoms with Crippen LogP contribution in [0, 0.1) is 0 Å². The van der Waals surface area contributed by atoms with Crippen LogP contribution in [0.4, 0.5) is 4.79 Å². The van der Waals surface area contributed by atoms with Crippen LogP contribution in [0.15, 0.2) is 48.7 Å². The van der Waals surface area contributed by atoms with Crippen LogP contribution in [-0.4, -0.2) is 75.5 Å². The summed E-state index contributed by atoms with van der Waals surface area (Å²) in [6.45, 7) is 7.17. The number of rotatable bonds is 11. The van der Waals surface area contributed by atoms with Crippen molar-refractivity contribution in [3.8, 4) is 28.1 Å². The van der Waals surface area contributed by atoms with Gasteiger partial charge in [0, 0.05) is 17.5 Å². The summed E-state index contributed by atoms with van der Waals surface area (Å²) in [5, 5.41) is 4.65. The molecule has 0 aliphatic carbocycles. The molecule has 1 aliphatic rings. The summed E-state index contributed by atoms with van der Waals surface area (Å²) in [7, 11) is 3.38. The molecule has 0 saturated carbocycles. The van der Waals surface area contributed by atoms with Crippen LogP contribution >= 0.6 is 0 Å². The maximum Gasteiger partial charge on any atom is 0.407 e. The Hall–Kier alpha value is -4.90. The van der Waals surface area contributed by atoms with Gasteiger partial charge in [0.15, 0.2) is 0 Å². The van der Waals surface area contributed by atoms with Crippen molar-refractivity contribution >= 4 is 33.8 Å². The summed E-state index contributed by atoms with van der Waals surface area (Å²) in [5.41, 5.74) is 7.14. The number of alkyl carbamates (subject to hydrolysis) is 1. The molecule has 0 saturated heterocycles. The highest BCUT2D eigenvalue weighted by atomic mass is 16.5. The summed E-state index contributed by atoms with van der Waals surface area (Å²) >= 11 is 0. The van der Waals surface area contributed by atoms with Crippen LogP contribution in [-0.2, 0) is 29.2 Å². The van der Waals surface area contributed by atoms with Crippen LogP contribution in [0.2, 0.25) is 0 Å². The van der Waals surface area contributed by atoms with E-state index < -0.39 is 6.09 Å². The Morgan fingerprint density at radius 2 is 1.84 bits per heavy atom. The van der Waals surface area contributed by atoms with E-state index in [0.29, 0.717) is 25.5 Å². The number of amides is 2. The highest BCUT2D eigenvalue weighted by molar-refractivity contribution is 6.07. The molecule has 2 amide bonds. The number of hydrogen-bond donors (Lipinski definition) is 3. The molecule has 0 unspecified atom stereocenters. The van der Waals surface area contributed by atoms with Gasteiger partial charge in [0.25, 0.3) is 0 Å². The van der Waals surface area contributed by atoms with Crippen molar-refractivity contribution in [3.05, 3.63) is 65.9 Å². The van der Waals surface area contributed by atoms with Crippen molar-refractivity contribution in [1.82, 2.24) is 35.1 Å². The number of ether oxygens (including phenoxy) is 2. The molecular formula is C34H39N7O4. The van der Waals surface area contributed by atoms with Crippen molar-refractivity contribution in [1.29, 1.82) is 0 Å². The van der Waals surface area contributed by atoms with Crippen molar-refractivity contribution < 1.29 is 19.1 Å². The van der Waals surface area contributed by atoms with Crippen LogP contribution in [0.25, 0.3) is 44.2 Å². The minimum Gasteiger partial charge on any atom is -0.488 e. The Kier molecular flexibility index (Phi) is 8.70. The second-order valence-electron chi connectivity index (χ2n) is 11.5. The number of hydrogen-bond acceptors (Lipinski definition) is 7. The third-order valence-corrected chi connectivity index (χ3v) is 8.12. The van der Waals surface area contributed by atoms with Gasteiger partial charge in [-0.15, -0.1) is 0 Å². The number of fused-ring (bicyclic) bond motifs is 6. The number of aromatic nitrogens is 4. The molecule has 0 atom stereocenters. The van der Waals surface area contributed by atoms with E-state index in [1.807, 2.05) is 6.92 Å². The molecule has 3 aromatic carbocycles. The van der Waals surface area contributed by atoms with Gasteiger partial charge >= 0.3 is 6.09 Å². The number of aromatic amines is 2. The van der Waals surface area contributed by atoms with Gasteiger partial charge in [-0.1, -0.05) is 32.0 Å². The van der Waals surface area contributed by atoms with E-state index in [-0.39, 0.29) is 12.5 Å². The Morgan fingerprint density at radius 1 is 1.00 bits per heavy atom. The predicted molar refractivity (Wildman–Crippen MR) is 174 cm³/mol. The smallest absolute Gasteiger partial charge is 0.407 e. The van der Waals surface area contributed by atoms with E-state index in [1.165, 1.54) is 7.11 Å². The van der Waals surface area contributed by atoms with Gasteiger partial charge in [0.2, 0.25) is 5.91 Å². The molecule has 5 aromatic rings. The molecule has 234 valence electrons. The number of methoxy groups -OCH3 is 1. The SMILES string of the molecule is CCCN(C)Cc1nc2c(ccc3cc4c(cc32)OCc2cc(-c3cnc(CN(CCC)C(=O)CNC(=O)OC)[nH]3)ccc2-4)[nH]1. The normalized spacial score (nSPS) is 12.2. The topological polar surface area (TPSA) is 128 Å². The average molecular weight is 610 g/mol. The first kappa shape index (κ1) is 30.1. The maximum absolute atomic E-state index is 12.7. The fourth-order valence-electron chi connectivity index (χ4n) is 5.96. The van der Waals surface area contributed by atoms with Crippen molar-refractivity contribution in [2.45, 2.75) is 46.4 Å². The average Bonchev–Trinajstić information content (AvgIpc) is 3.69. The van der Waals surface area contributed by atoms with Crippen molar-refractivity contribution in [2.75, 3.05) is 33.8 Å². The minimum absolute atomic E-state index is 0.133. The molecule has 11 heteroatoms. The number of imidazole rings is 2. The van der Waals surface area contributed by atoms with E-state index in [4.69, 9.17) is 9.72 Å². The van der Waals surface area contributed by atoms with Crippen LogP contribution in [0.5, 0.6) is 5.75 Å². The lowest BCUT2D eigenvalue weighted by Gasteiger charge is -2.22. The van der Waals surface area contributed by atoms with Gasteiger partial charge in [-0.25, -0.2) is 14.8 Å². The number of nitrogens with zero attached hydrogens (tertiary/aromatic N) is 4. The Balaban J connectivity index is 1.22. The van der Waals surface area contributed by atoms with E-state index in [2.05, 4.69) is 86.3 Å². The Bertz CT molecular complexity index is 1860. The molecule has 11 nitrogen and oxygen atoms in total. The highest BCUT2D eigenvalue weighted by Crippen LogP contribution is 2.42. The first-order chi connectivity index (χ1) is 21.9. The number of carbonyl (C=O) groups is 2. The van der Waals surface area contributed by atoms with Gasteiger partial charge in [0.05, 0.1) is 43.1 Å². The van der Waals surface area contributed by atoms with E-state index in [9.17, 15) is 9.59 Å². The van der Waals surface area contributed by atoms with Gasteiger partial charge in [-0.3, -0.25) is 9.69 Å². The van der Waals surface area contributed by atoms with Crippen LogP contribution in [0.1, 0.15) is 43.9 Å². The molecule has 1 aliphatic heterocycles.